The summed E-state index contributed by atoms with van der Waals surface area (Å²) in [5.74, 6) is -0.0973. The van der Waals surface area contributed by atoms with Crippen LogP contribution in [0.15, 0.2) is 22.9 Å². The Hall–Kier alpha value is -0.940. The van der Waals surface area contributed by atoms with Crippen LogP contribution in [0.5, 0.6) is 0 Å². The molecule has 1 heterocycles. The number of pyridine rings is 1. The van der Waals surface area contributed by atoms with E-state index < -0.39 is 0 Å². The molecule has 1 aromatic heterocycles. The van der Waals surface area contributed by atoms with E-state index in [4.69, 9.17) is 0 Å². The van der Waals surface area contributed by atoms with E-state index in [1.165, 1.54) is 0 Å². The first-order valence-corrected chi connectivity index (χ1v) is 6.19. The Morgan fingerprint density at radius 3 is 2.59 bits per heavy atom. The third-order valence-corrected chi connectivity index (χ3v) is 3.35. The third kappa shape index (κ3) is 4.09. The highest BCUT2D eigenvalue weighted by molar-refractivity contribution is 9.10. The van der Waals surface area contributed by atoms with Crippen molar-refractivity contribution in [2.45, 2.75) is 19.4 Å². The summed E-state index contributed by atoms with van der Waals surface area (Å²) in [6.45, 7) is 4.75. The van der Waals surface area contributed by atoms with Crippen LogP contribution in [-0.4, -0.2) is 42.0 Å². The van der Waals surface area contributed by atoms with E-state index in [0.29, 0.717) is 12.1 Å². The number of aromatic nitrogens is 1. The standard InChI is InChI=1S/C12H18BrN3O/c1-12(2,16(3)4)8-15-11(17)9-5-6-10(13)14-7-9/h5-7H,8H2,1-4H3,(H,15,17). The highest BCUT2D eigenvalue weighted by atomic mass is 79.9. The lowest BCUT2D eigenvalue weighted by Gasteiger charge is -2.32. The average molecular weight is 300 g/mol. The van der Waals surface area contributed by atoms with Crippen molar-refractivity contribution in [3.8, 4) is 0 Å². The Morgan fingerprint density at radius 1 is 1.47 bits per heavy atom. The van der Waals surface area contributed by atoms with Crippen LogP contribution in [0, 0.1) is 0 Å². The van der Waals surface area contributed by atoms with E-state index in [-0.39, 0.29) is 11.4 Å². The zero-order chi connectivity index (χ0) is 13.1. The molecule has 4 nitrogen and oxygen atoms in total. The molecule has 0 fully saturated rings. The zero-order valence-corrected chi connectivity index (χ0v) is 12.2. The van der Waals surface area contributed by atoms with Crippen molar-refractivity contribution in [3.63, 3.8) is 0 Å². The van der Waals surface area contributed by atoms with Crippen LogP contribution in [0.1, 0.15) is 24.2 Å². The van der Waals surface area contributed by atoms with Gasteiger partial charge >= 0.3 is 0 Å². The minimum atomic E-state index is -0.0973. The minimum absolute atomic E-state index is 0.0710. The maximum absolute atomic E-state index is 11.8. The number of hydrogen-bond acceptors (Lipinski definition) is 3. The molecule has 17 heavy (non-hydrogen) atoms. The Morgan fingerprint density at radius 2 is 2.12 bits per heavy atom. The van der Waals surface area contributed by atoms with Gasteiger partial charge in [-0.2, -0.15) is 0 Å². The van der Waals surface area contributed by atoms with Gasteiger partial charge in [-0.05, 0) is 56.0 Å². The summed E-state index contributed by atoms with van der Waals surface area (Å²) in [5.41, 5.74) is 0.501. The van der Waals surface area contributed by atoms with Crippen molar-refractivity contribution in [2.24, 2.45) is 0 Å². The molecule has 5 heteroatoms. The topological polar surface area (TPSA) is 45.2 Å². The van der Waals surface area contributed by atoms with E-state index in [9.17, 15) is 4.79 Å². The first-order valence-electron chi connectivity index (χ1n) is 5.40. The maximum Gasteiger partial charge on any atom is 0.252 e. The monoisotopic (exact) mass is 299 g/mol. The van der Waals surface area contributed by atoms with Gasteiger partial charge < -0.3 is 10.2 Å². The maximum atomic E-state index is 11.8. The molecule has 0 aromatic carbocycles. The number of nitrogens with one attached hydrogen (secondary N) is 1. The van der Waals surface area contributed by atoms with Gasteiger partial charge in [0.25, 0.3) is 5.91 Å². The molecule has 0 aliphatic carbocycles. The molecule has 0 aliphatic rings. The number of nitrogens with zero attached hydrogens (tertiary/aromatic N) is 2. The van der Waals surface area contributed by atoms with Gasteiger partial charge in [0.1, 0.15) is 4.60 Å². The van der Waals surface area contributed by atoms with Crippen molar-refractivity contribution in [1.29, 1.82) is 0 Å². The molecular weight excluding hydrogens is 282 g/mol. The van der Waals surface area contributed by atoms with E-state index in [0.717, 1.165) is 4.60 Å². The number of likely N-dealkylation sites (N-methyl/N-ethyl adjacent to an activating group) is 1. The van der Waals surface area contributed by atoms with E-state index in [2.05, 4.69) is 45.0 Å². The van der Waals surface area contributed by atoms with Gasteiger partial charge in [-0.25, -0.2) is 4.98 Å². The fourth-order valence-electron chi connectivity index (χ4n) is 1.07. The summed E-state index contributed by atoms with van der Waals surface area (Å²) in [6, 6.07) is 3.50. The lowest BCUT2D eigenvalue weighted by molar-refractivity contribution is 0.0919. The van der Waals surface area contributed by atoms with Crippen LogP contribution >= 0.6 is 15.9 Å². The molecule has 0 radical (unpaired) electrons. The summed E-state index contributed by atoms with van der Waals surface area (Å²) in [4.78, 5) is 17.9. The predicted molar refractivity (Wildman–Crippen MR) is 72.0 cm³/mol. The molecule has 0 aliphatic heterocycles. The highest BCUT2D eigenvalue weighted by Crippen LogP contribution is 2.09. The van der Waals surface area contributed by atoms with Crippen molar-refractivity contribution in [1.82, 2.24) is 15.2 Å². The summed E-state index contributed by atoms with van der Waals surface area (Å²) >= 11 is 3.23. The van der Waals surface area contributed by atoms with Gasteiger partial charge in [0.15, 0.2) is 0 Å². The first kappa shape index (κ1) is 14.1. The van der Waals surface area contributed by atoms with Gasteiger partial charge in [0.05, 0.1) is 5.56 Å². The largest absolute Gasteiger partial charge is 0.350 e. The predicted octanol–water partition coefficient (Wildman–Crippen LogP) is 1.91. The molecule has 0 unspecified atom stereocenters. The quantitative estimate of drug-likeness (QED) is 0.864. The van der Waals surface area contributed by atoms with Crippen LogP contribution < -0.4 is 5.32 Å². The van der Waals surface area contributed by atoms with Crippen LogP contribution in [0.2, 0.25) is 0 Å². The number of rotatable bonds is 4. The summed E-state index contributed by atoms with van der Waals surface area (Å²) in [7, 11) is 3.99. The van der Waals surface area contributed by atoms with Crippen molar-refractivity contribution in [2.75, 3.05) is 20.6 Å². The van der Waals surface area contributed by atoms with Crippen LogP contribution in [0.25, 0.3) is 0 Å². The smallest absolute Gasteiger partial charge is 0.252 e. The van der Waals surface area contributed by atoms with Crippen molar-refractivity contribution in [3.05, 3.63) is 28.5 Å². The highest BCUT2D eigenvalue weighted by Gasteiger charge is 2.21. The normalized spacial score (nSPS) is 11.6. The molecule has 0 saturated heterocycles. The van der Waals surface area contributed by atoms with Crippen molar-refractivity contribution < 1.29 is 4.79 Å². The molecule has 1 rings (SSSR count). The third-order valence-electron chi connectivity index (χ3n) is 2.88. The molecule has 0 saturated carbocycles. The summed E-state index contributed by atoms with van der Waals surface area (Å²) < 4.78 is 0.725. The summed E-state index contributed by atoms with van der Waals surface area (Å²) in [5, 5.41) is 2.90. The Kier molecular flexibility index (Phi) is 4.65. The molecular formula is C12H18BrN3O. The number of carbonyl (C=O) groups excluding carboxylic acids is 1. The lowest BCUT2D eigenvalue weighted by Crippen LogP contribution is -2.48. The fourth-order valence-corrected chi connectivity index (χ4v) is 1.30. The van der Waals surface area contributed by atoms with Gasteiger partial charge in [-0.1, -0.05) is 0 Å². The Bertz CT molecular complexity index is 387. The minimum Gasteiger partial charge on any atom is -0.350 e. The van der Waals surface area contributed by atoms with Gasteiger partial charge in [0, 0.05) is 18.3 Å². The lowest BCUT2D eigenvalue weighted by atomic mass is 10.0. The fraction of sp³-hybridized carbons (Fsp3) is 0.500. The average Bonchev–Trinajstić information content (AvgIpc) is 2.27. The Labute approximate surface area is 111 Å². The SMILES string of the molecule is CN(C)C(C)(C)CNC(=O)c1ccc(Br)nc1. The van der Waals surface area contributed by atoms with Gasteiger partial charge in [-0.15, -0.1) is 0 Å². The van der Waals surface area contributed by atoms with Gasteiger partial charge in [0.2, 0.25) is 0 Å². The second kappa shape index (κ2) is 5.60. The molecule has 1 amide bonds. The molecule has 94 valence electrons. The van der Waals surface area contributed by atoms with Crippen molar-refractivity contribution >= 4 is 21.8 Å². The van der Waals surface area contributed by atoms with Gasteiger partial charge in [-0.3, -0.25) is 4.79 Å². The Balaban J connectivity index is 2.59. The van der Waals surface area contributed by atoms with Crippen LogP contribution in [-0.2, 0) is 0 Å². The second-order valence-corrected chi connectivity index (χ2v) is 5.57. The van der Waals surface area contributed by atoms with E-state index >= 15 is 0 Å². The zero-order valence-electron chi connectivity index (χ0n) is 10.6. The molecule has 0 atom stereocenters. The first-order chi connectivity index (χ1) is 7.83. The summed E-state index contributed by atoms with van der Waals surface area (Å²) in [6.07, 6.45) is 1.56. The van der Waals surface area contributed by atoms with E-state index in [1.807, 2.05) is 14.1 Å². The number of amides is 1. The molecule has 1 aromatic rings. The van der Waals surface area contributed by atoms with Crippen LogP contribution in [0.4, 0.5) is 0 Å². The number of carbonyl (C=O) groups is 1. The number of halogens is 1. The number of hydrogen-bond donors (Lipinski definition) is 1. The van der Waals surface area contributed by atoms with E-state index in [1.54, 1.807) is 18.3 Å². The second-order valence-electron chi connectivity index (χ2n) is 4.76. The molecule has 0 spiro atoms. The van der Waals surface area contributed by atoms with Crippen LogP contribution in [0.3, 0.4) is 0 Å². The molecule has 0 bridgehead atoms. The molecule has 1 N–H and O–H groups in total.